The van der Waals surface area contributed by atoms with Crippen LogP contribution < -0.4 is 10.6 Å². The molecule has 1 aromatic heterocycles. The molecule has 0 radical (unpaired) electrons. The summed E-state index contributed by atoms with van der Waals surface area (Å²) >= 11 is 0. The van der Waals surface area contributed by atoms with E-state index in [1.807, 2.05) is 11.0 Å². The molecule has 10 heteroatoms. The standard InChI is InChI=1S/C28H38N6O4/c35-24(18-33-10-9-20-3-1-2-4-22(20)17-33)16-29-27(36)25-15-26(31-19-30-25)32-23-7-5-21(6-8-23)28(37)34-11-13-38-14-12-34/h1-4,15,19,21,23-24,35H,5-14,16-18H2,(H,29,36)(H,30,31,32)/t21-,23+,24-/m0/s1. The lowest BCUT2D eigenvalue weighted by atomic mass is 9.85. The number of hydrogen-bond donors (Lipinski definition) is 3. The maximum absolute atomic E-state index is 12.8. The first-order chi connectivity index (χ1) is 18.5. The van der Waals surface area contributed by atoms with Crippen molar-refractivity contribution in [2.75, 3.05) is 51.3 Å². The number of aromatic nitrogens is 2. The average Bonchev–Trinajstić information content (AvgIpc) is 2.96. The topological polar surface area (TPSA) is 120 Å². The molecular formula is C28H38N6O4. The molecule has 1 aromatic carbocycles. The van der Waals surface area contributed by atoms with Gasteiger partial charge >= 0.3 is 0 Å². The Morgan fingerprint density at radius 3 is 2.61 bits per heavy atom. The molecule has 3 aliphatic rings. The van der Waals surface area contributed by atoms with Gasteiger partial charge < -0.3 is 25.4 Å². The second-order valence-corrected chi connectivity index (χ2v) is 10.5. The summed E-state index contributed by atoms with van der Waals surface area (Å²) in [4.78, 5) is 38.0. The van der Waals surface area contributed by atoms with Gasteiger partial charge in [-0.25, -0.2) is 9.97 Å². The molecule has 10 nitrogen and oxygen atoms in total. The first kappa shape index (κ1) is 26.5. The number of fused-ring (bicyclic) bond motifs is 1. The molecule has 0 spiro atoms. The SMILES string of the molecule is O=C(NC[C@H](O)CN1CCc2ccccc2C1)c1cc(N[C@H]2CC[C@@H](C(=O)N3CCOCC3)CC2)ncn1. The van der Waals surface area contributed by atoms with Gasteiger partial charge in [0, 0.05) is 57.3 Å². The van der Waals surface area contributed by atoms with E-state index >= 15 is 0 Å². The first-order valence-electron chi connectivity index (χ1n) is 13.8. The summed E-state index contributed by atoms with van der Waals surface area (Å²) < 4.78 is 5.36. The van der Waals surface area contributed by atoms with Crippen molar-refractivity contribution < 1.29 is 19.4 Å². The quantitative estimate of drug-likeness (QED) is 0.477. The summed E-state index contributed by atoms with van der Waals surface area (Å²) in [6, 6.07) is 10.2. The lowest BCUT2D eigenvalue weighted by Crippen LogP contribution is -2.45. The zero-order chi connectivity index (χ0) is 26.3. The molecular weight excluding hydrogens is 484 g/mol. The molecule has 38 heavy (non-hydrogen) atoms. The molecule has 3 N–H and O–H groups in total. The van der Waals surface area contributed by atoms with Gasteiger partial charge in [-0.2, -0.15) is 0 Å². The normalized spacial score (nSPS) is 22.8. The number of aliphatic hydroxyl groups excluding tert-OH is 1. The van der Waals surface area contributed by atoms with Gasteiger partial charge in [-0.05, 0) is 43.2 Å². The van der Waals surface area contributed by atoms with Gasteiger partial charge in [0.15, 0.2) is 0 Å². The van der Waals surface area contributed by atoms with E-state index in [-0.39, 0.29) is 36.0 Å². The highest BCUT2D eigenvalue weighted by Gasteiger charge is 2.30. The highest BCUT2D eigenvalue weighted by Crippen LogP contribution is 2.28. The number of morpholine rings is 1. The Morgan fingerprint density at radius 1 is 1.05 bits per heavy atom. The summed E-state index contributed by atoms with van der Waals surface area (Å²) in [5.41, 5.74) is 2.93. The molecule has 1 saturated heterocycles. The molecule has 3 heterocycles. The van der Waals surface area contributed by atoms with Gasteiger partial charge in [-0.3, -0.25) is 14.5 Å². The van der Waals surface area contributed by atoms with E-state index in [1.165, 1.54) is 17.5 Å². The maximum Gasteiger partial charge on any atom is 0.270 e. The lowest BCUT2D eigenvalue weighted by Gasteiger charge is -2.34. The maximum atomic E-state index is 12.8. The number of carbonyl (C=O) groups is 2. The zero-order valence-corrected chi connectivity index (χ0v) is 21.8. The molecule has 2 fully saturated rings. The minimum atomic E-state index is -0.668. The number of hydrogen-bond acceptors (Lipinski definition) is 8. The van der Waals surface area contributed by atoms with Gasteiger partial charge in [0.1, 0.15) is 17.8 Å². The van der Waals surface area contributed by atoms with Crippen molar-refractivity contribution in [3.63, 3.8) is 0 Å². The summed E-state index contributed by atoms with van der Waals surface area (Å²) in [5, 5.41) is 16.7. The van der Waals surface area contributed by atoms with Crippen molar-refractivity contribution in [3.05, 3.63) is 53.5 Å². The van der Waals surface area contributed by atoms with Crippen LogP contribution >= 0.6 is 0 Å². The number of β-amino-alcohol motifs (C(OH)–C–C–N with tert-alkyl or cyclic N) is 1. The largest absolute Gasteiger partial charge is 0.390 e. The third kappa shape index (κ3) is 6.86. The Labute approximate surface area is 223 Å². The first-order valence-corrected chi connectivity index (χ1v) is 13.8. The monoisotopic (exact) mass is 522 g/mol. The van der Waals surface area contributed by atoms with Crippen LogP contribution in [0.5, 0.6) is 0 Å². The van der Waals surface area contributed by atoms with Crippen molar-refractivity contribution in [2.24, 2.45) is 5.92 Å². The molecule has 1 atom stereocenters. The van der Waals surface area contributed by atoms with Crippen LogP contribution in [0.15, 0.2) is 36.7 Å². The molecule has 204 valence electrons. The Morgan fingerprint density at radius 2 is 1.82 bits per heavy atom. The number of benzene rings is 1. The Bertz CT molecular complexity index is 1100. The number of carbonyl (C=O) groups excluding carboxylic acids is 2. The van der Waals surface area contributed by atoms with Crippen LogP contribution in [0.2, 0.25) is 0 Å². The molecule has 0 bridgehead atoms. The van der Waals surface area contributed by atoms with E-state index in [9.17, 15) is 14.7 Å². The predicted octanol–water partition coefficient (Wildman–Crippen LogP) is 1.46. The summed E-state index contributed by atoms with van der Waals surface area (Å²) in [5.74, 6) is 0.586. The van der Waals surface area contributed by atoms with Crippen LogP contribution in [0, 0.1) is 5.92 Å². The van der Waals surface area contributed by atoms with Crippen LogP contribution in [0.1, 0.15) is 47.3 Å². The lowest BCUT2D eigenvalue weighted by molar-refractivity contribution is -0.140. The van der Waals surface area contributed by atoms with Gasteiger partial charge in [-0.1, -0.05) is 24.3 Å². The van der Waals surface area contributed by atoms with Crippen LogP contribution in [-0.2, 0) is 22.5 Å². The van der Waals surface area contributed by atoms with Crippen molar-refractivity contribution in [1.82, 2.24) is 25.1 Å². The van der Waals surface area contributed by atoms with E-state index in [2.05, 4.69) is 43.7 Å². The fourth-order valence-corrected chi connectivity index (χ4v) is 5.67. The predicted molar refractivity (Wildman–Crippen MR) is 143 cm³/mol. The van der Waals surface area contributed by atoms with E-state index in [1.54, 1.807) is 6.07 Å². The van der Waals surface area contributed by atoms with Crippen molar-refractivity contribution in [2.45, 2.75) is 50.8 Å². The number of anilines is 1. The molecule has 0 unspecified atom stereocenters. The Kier molecular flexibility index (Phi) is 8.83. The molecule has 1 saturated carbocycles. The van der Waals surface area contributed by atoms with Crippen LogP contribution in [0.25, 0.3) is 0 Å². The van der Waals surface area contributed by atoms with E-state index in [0.717, 1.165) is 45.2 Å². The summed E-state index contributed by atoms with van der Waals surface area (Å²) in [6.07, 6.45) is 5.11. The highest BCUT2D eigenvalue weighted by atomic mass is 16.5. The number of amides is 2. The second kappa shape index (κ2) is 12.6. The zero-order valence-electron chi connectivity index (χ0n) is 21.8. The fraction of sp³-hybridized carbons (Fsp3) is 0.571. The van der Waals surface area contributed by atoms with Crippen LogP contribution in [-0.4, -0.2) is 94.8 Å². The van der Waals surface area contributed by atoms with Crippen molar-refractivity contribution >= 4 is 17.6 Å². The number of nitrogens with zero attached hydrogens (tertiary/aromatic N) is 4. The van der Waals surface area contributed by atoms with Crippen LogP contribution in [0.3, 0.4) is 0 Å². The van der Waals surface area contributed by atoms with Crippen LogP contribution in [0.4, 0.5) is 5.82 Å². The van der Waals surface area contributed by atoms with Crippen molar-refractivity contribution in [1.29, 1.82) is 0 Å². The molecule has 5 rings (SSSR count). The van der Waals surface area contributed by atoms with Gasteiger partial charge in [0.2, 0.25) is 5.91 Å². The summed E-state index contributed by atoms with van der Waals surface area (Å²) in [6.45, 7) is 4.99. The smallest absolute Gasteiger partial charge is 0.270 e. The highest BCUT2D eigenvalue weighted by molar-refractivity contribution is 5.92. The summed E-state index contributed by atoms with van der Waals surface area (Å²) in [7, 11) is 0. The number of ether oxygens (including phenoxy) is 1. The Balaban J connectivity index is 1.05. The minimum absolute atomic E-state index is 0.0731. The number of aliphatic hydroxyl groups is 1. The van der Waals surface area contributed by atoms with E-state index in [4.69, 9.17) is 4.74 Å². The average molecular weight is 523 g/mol. The van der Waals surface area contributed by atoms with E-state index in [0.29, 0.717) is 38.7 Å². The fourth-order valence-electron chi connectivity index (χ4n) is 5.67. The molecule has 2 aromatic rings. The van der Waals surface area contributed by atoms with Crippen molar-refractivity contribution in [3.8, 4) is 0 Å². The van der Waals surface area contributed by atoms with Gasteiger partial charge in [0.05, 0.1) is 19.3 Å². The third-order valence-electron chi connectivity index (χ3n) is 7.83. The third-order valence-corrected chi connectivity index (χ3v) is 7.83. The number of rotatable bonds is 8. The Hall–Kier alpha value is -3.08. The van der Waals surface area contributed by atoms with Gasteiger partial charge in [-0.15, -0.1) is 0 Å². The molecule has 2 aliphatic heterocycles. The second-order valence-electron chi connectivity index (χ2n) is 10.5. The van der Waals surface area contributed by atoms with E-state index < -0.39 is 6.10 Å². The molecule has 1 aliphatic carbocycles. The number of nitrogens with one attached hydrogen (secondary N) is 2. The molecule has 2 amide bonds. The minimum Gasteiger partial charge on any atom is -0.390 e. The van der Waals surface area contributed by atoms with Gasteiger partial charge in [0.25, 0.3) is 5.91 Å².